The highest BCUT2D eigenvalue weighted by atomic mass is 32.2. The van der Waals surface area contributed by atoms with Gasteiger partial charge in [-0.25, -0.2) is 13.4 Å². The van der Waals surface area contributed by atoms with Crippen LogP contribution in [0.15, 0.2) is 47.5 Å². The quantitative estimate of drug-likeness (QED) is 0.384. The maximum absolute atomic E-state index is 12.7. The molecule has 1 aliphatic carbocycles. The van der Waals surface area contributed by atoms with Crippen molar-refractivity contribution in [3.63, 3.8) is 0 Å². The molecule has 4 heterocycles. The molecule has 37 heavy (non-hydrogen) atoms. The fraction of sp³-hybridized carbons (Fsp3) is 0.536. The average molecular weight is 543 g/mol. The molecule has 0 spiro atoms. The van der Waals surface area contributed by atoms with E-state index >= 15 is 0 Å². The molecule has 9 heteroatoms. The fourth-order valence-corrected chi connectivity index (χ4v) is 7.91. The number of aromatic amines is 1. The van der Waals surface area contributed by atoms with E-state index in [2.05, 4.69) is 22.1 Å². The lowest BCUT2D eigenvalue weighted by Crippen LogP contribution is -2.19. The molecule has 2 aliphatic heterocycles. The zero-order valence-electron chi connectivity index (χ0n) is 21.3. The van der Waals surface area contributed by atoms with Gasteiger partial charge in [0.15, 0.2) is 15.6 Å². The van der Waals surface area contributed by atoms with Gasteiger partial charge in [-0.05, 0) is 81.7 Å². The maximum atomic E-state index is 12.7. The Morgan fingerprint density at radius 1 is 1.08 bits per heavy atom. The van der Waals surface area contributed by atoms with Crippen molar-refractivity contribution >= 4 is 21.2 Å². The van der Waals surface area contributed by atoms with Gasteiger partial charge in [-0.3, -0.25) is 0 Å². The van der Waals surface area contributed by atoms with Gasteiger partial charge >= 0.3 is 0 Å². The first-order valence-corrected chi connectivity index (χ1v) is 15.5. The second-order valence-corrected chi connectivity index (χ2v) is 14.2. The molecule has 198 valence electrons. The van der Waals surface area contributed by atoms with E-state index in [0.717, 1.165) is 72.2 Å². The Morgan fingerprint density at radius 2 is 1.84 bits per heavy atom. The van der Waals surface area contributed by atoms with Crippen molar-refractivity contribution in [3.05, 3.63) is 58.7 Å². The maximum Gasteiger partial charge on any atom is 0.181 e. The highest BCUT2D eigenvalue weighted by molar-refractivity contribution is 7.92. The van der Waals surface area contributed by atoms with Gasteiger partial charge < -0.3 is 19.2 Å². The van der Waals surface area contributed by atoms with Gasteiger partial charge in [-0.15, -0.1) is 11.3 Å². The summed E-state index contributed by atoms with van der Waals surface area (Å²) in [7, 11) is -3.19. The summed E-state index contributed by atoms with van der Waals surface area (Å²) in [5.41, 5.74) is 3.24. The van der Waals surface area contributed by atoms with Crippen molar-refractivity contribution in [2.45, 2.75) is 73.9 Å². The first-order chi connectivity index (χ1) is 17.8. The summed E-state index contributed by atoms with van der Waals surface area (Å²) >= 11 is 1.62. The standard InChI is InChI=1S/C28H34N2O5S2/c1-28(2)34-17-25(35-28)26-16-29-27(36-26)24-10-9-23(30-24)22(15-18-11-13-33-14-12-18)19-3-5-20(6-4-19)37(31,32)21-7-8-21/h3-6,9-10,16,18,21-22,25,30H,7-8,11-15,17H2,1-2H3. The topological polar surface area (TPSA) is 90.5 Å². The third-order valence-corrected chi connectivity index (χ3v) is 11.0. The van der Waals surface area contributed by atoms with E-state index in [1.54, 1.807) is 23.5 Å². The van der Waals surface area contributed by atoms with Gasteiger partial charge in [-0.1, -0.05) is 12.1 Å². The number of sulfone groups is 1. The number of ether oxygens (including phenoxy) is 3. The number of H-pyrrole nitrogens is 1. The Morgan fingerprint density at radius 3 is 2.51 bits per heavy atom. The van der Waals surface area contributed by atoms with Crippen LogP contribution in [0.2, 0.25) is 0 Å². The van der Waals surface area contributed by atoms with Crippen LogP contribution < -0.4 is 0 Å². The second-order valence-electron chi connectivity index (χ2n) is 10.9. The molecule has 1 N–H and O–H groups in total. The zero-order valence-corrected chi connectivity index (χ0v) is 22.9. The van der Waals surface area contributed by atoms with Gasteiger partial charge in [0.2, 0.25) is 0 Å². The number of rotatable bonds is 8. The first-order valence-electron chi connectivity index (χ1n) is 13.2. The van der Waals surface area contributed by atoms with E-state index in [1.807, 2.05) is 32.2 Å². The second kappa shape index (κ2) is 9.93. The lowest BCUT2D eigenvalue weighted by atomic mass is 9.83. The third kappa shape index (κ3) is 5.43. The Kier molecular flexibility index (Phi) is 6.77. The molecule has 2 aromatic heterocycles. The molecule has 3 aliphatic rings. The number of aromatic nitrogens is 2. The van der Waals surface area contributed by atoms with Crippen molar-refractivity contribution in [2.75, 3.05) is 19.8 Å². The third-order valence-electron chi connectivity index (χ3n) is 7.65. The number of hydrogen-bond acceptors (Lipinski definition) is 7. The predicted molar refractivity (Wildman–Crippen MR) is 142 cm³/mol. The van der Waals surface area contributed by atoms with Crippen LogP contribution in [0.25, 0.3) is 10.7 Å². The Hall–Kier alpha value is -2.04. The molecule has 1 saturated carbocycles. The molecule has 0 amide bonds. The van der Waals surface area contributed by atoms with E-state index in [1.165, 1.54) is 0 Å². The largest absolute Gasteiger partial charge is 0.381 e. The minimum absolute atomic E-state index is 0.0950. The molecule has 2 unspecified atom stereocenters. The van der Waals surface area contributed by atoms with Crippen molar-refractivity contribution in [2.24, 2.45) is 5.92 Å². The van der Waals surface area contributed by atoms with E-state index < -0.39 is 15.6 Å². The summed E-state index contributed by atoms with van der Waals surface area (Å²) in [6, 6.07) is 11.8. The molecule has 6 rings (SSSR count). The van der Waals surface area contributed by atoms with Crippen molar-refractivity contribution in [1.29, 1.82) is 0 Å². The molecular formula is C28H34N2O5S2. The molecule has 3 fully saturated rings. The molecule has 0 radical (unpaired) electrons. The highest BCUT2D eigenvalue weighted by Gasteiger charge is 2.37. The van der Waals surface area contributed by atoms with E-state index in [4.69, 9.17) is 14.2 Å². The molecule has 1 aromatic carbocycles. The van der Waals surface area contributed by atoms with E-state index in [9.17, 15) is 8.42 Å². The van der Waals surface area contributed by atoms with Crippen molar-refractivity contribution in [1.82, 2.24) is 9.97 Å². The lowest BCUT2D eigenvalue weighted by molar-refractivity contribution is -0.138. The monoisotopic (exact) mass is 542 g/mol. The molecule has 3 aromatic rings. The Balaban J connectivity index is 1.26. The van der Waals surface area contributed by atoms with E-state index in [-0.39, 0.29) is 17.3 Å². The van der Waals surface area contributed by atoms with Crippen LogP contribution in [0.4, 0.5) is 0 Å². The first kappa shape index (κ1) is 25.2. The fourth-order valence-electron chi connectivity index (χ4n) is 5.35. The normalized spacial score (nSPS) is 23.4. The molecule has 7 nitrogen and oxygen atoms in total. The van der Waals surface area contributed by atoms with Crippen LogP contribution in [0.5, 0.6) is 0 Å². The van der Waals surface area contributed by atoms with Crippen LogP contribution in [-0.2, 0) is 24.0 Å². The number of thiazole rings is 1. The SMILES string of the molecule is CC1(C)OCC(c2cnc(-c3ccc(C(CC4CCOCC4)c4ccc(S(=O)(=O)C5CC5)cc4)[nH]3)s2)O1. The van der Waals surface area contributed by atoms with Crippen LogP contribution >= 0.6 is 11.3 Å². The minimum atomic E-state index is -3.19. The van der Waals surface area contributed by atoms with Crippen LogP contribution in [0.3, 0.4) is 0 Å². The summed E-state index contributed by atoms with van der Waals surface area (Å²) in [5.74, 6) is 0.135. The predicted octanol–water partition coefficient (Wildman–Crippen LogP) is 5.85. The molecule has 2 atom stereocenters. The molecule has 0 bridgehead atoms. The van der Waals surface area contributed by atoms with E-state index in [0.29, 0.717) is 17.4 Å². The van der Waals surface area contributed by atoms with Crippen molar-refractivity contribution in [3.8, 4) is 10.7 Å². The van der Waals surface area contributed by atoms with Crippen molar-refractivity contribution < 1.29 is 22.6 Å². The Labute approximate surface area is 222 Å². The number of nitrogens with zero attached hydrogens (tertiary/aromatic N) is 1. The van der Waals surface area contributed by atoms with Gasteiger partial charge in [0.1, 0.15) is 11.1 Å². The minimum Gasteiger partial charge on any atom is -0.381 e. The summed E-state index contributed by atoms with van der Waals surface area (Å²) < 4.78 is 42.8. The summed E-state index contributed by atoms with van der Waals surface area (Å²) in [4.78, 5) is 9.80. The Bertz CT molecular complexity index is 1330. The highest BCUT2D eigenvalue weighted by Crippen LogP contribution is 2.40. The summed E-state index contributed by atoms with van der Waals surface area (Å²) in [6.45, 7) is 6.00. The van der Waals surface area contributed by atoms with Gasteiger partial charge in [0.25, 0.3) is 0 Å². The smallest absolute Gasteiger partial charge is 0.181 e. The zero-order chi connectivity index (χ0) is 25.6. The van der Waals surface area contributed by atoms with Crippen LogP contribution in [0, 0.1) is 5.92 Å². The number of benzene rings is 1. The van der Waals surface area contributed by atoms with Gasteiger partial charge in [0, 0.05) is 31.0 Å². The summed E-state index contributed by atoms with van der Waals surface area (Å²) in [6.07, 6.45) is 6.43. The molecular weight excluding hydrogens is 508 g/mol. The van der Waals surface area contributed by atoms with Crippen LogP contribution in [0.1, 0.15) is 74.1 Å². The average Bonchev–Trinajstić information content (AvgIpc) is 3.29. The lowest BCUT2D eigenvalue weighted by Gasteiger charge is -2.27. The van der Waals surface area contributed by atoms with Gasteiger partial charge in [0.05, 0.1) is 27.3 Å². The molecule has 2 saturated heterocycles. The summed E-state index contributed by atoms with van der Waals surface area (Å²) in [5, 5.41) is 0.725. The van der Waals surface area contributed by atoms with Gasteiger partial charge in [-0.2, -0.15) is 0 Å². The number of nitrogens with one attached hydrogen (secondary N) is 1. The van der Waals surface area contributed by atoms with Crippen LogP contribution in [-0.4, -0.2) is 49.2 Å². The number of hydrogen-bond donors (Lipinski definition) is 1.